The Morgan fingerprint density at radius 3 is 2.81 bits per heavy atom. The Bertz CT molecular complexity index is 771. The molecule has 6 heteroatoms. The molecule has 0 saturated heterocycles. The van der Waals surface area contributed by atoms with Gasteiger partial charge in [-0.25, -0.2) is 0 Å². The number of hydrogen-bond donors (Lipinski definition) is 2. The summed E-state index contributed by atoms with van der Waals surface area (Å²) in [6.07, 6.45) is 1.71. The summed E-state index contributed by atoms with van der Waals surface area (Å²) in [5.41, 5.74) is 9.00. The number of ether oxygens (including phenoxy) is 1. The van der Waals surface area contributed by atoms with E-state index in [1.165, 1.54) is 0 Å². The zero-order valence-electron chi connectivity index (χ0n) is 11.3. The Balaban J connectivity index is 2.24. The maximum absolute atomic E-state index is 6.10. The number of halogens is 1. The SMILES string of the molecule is COc1ccc(Cl)cc1-c1c(N)n[nH]c1-c1ccccn1. The molecule has 3 N–H and O–H groups in total. The van der Waals surface area contributed by atoms with Crippen molar-refractivity contribution in [1.29, 1.82) is 0 Å². The van der Waals surface area contributed by atoms with Crippen LogP contribution in [0.4, 0.5) is 5.82 Å². The van der Waals surface area contributed by atoms with Crippen molar-refractivity contribution < 1.29 is 4.74 Å². The highest BCUT2D eigenvalue weighted by Gasteiger charge is 2.19. The Morgan fingerprint density at radius 2 is 2.10 bits per heavy atom. The summed E-state index contributed by atoms with van der Waals surface area (Å²) >= 11 is 6.10. The lowest BCUT2D eigenvalue weighted by Gasteiger charge is -2.10. The molecule has 1 aromatic carbocycles. The standard InChI is InChI=1S/C15H13ClN4O/c1-21-12-6-5-9(16)8-10(12)13-14(19-20-15(13)17)11-4-2-3-7-18-11/h2-8H,1H3,(H3,17,19,20). The predicted molar refractivity (Wildman–Crippen MR) is 83.2 cm³/mol. The van der Waals surface area contributed by atoms with Crippen LogP contribution in [0, 0.1) is 0 Å². The minimum Gasteiger partial charge on any atom is -0.496 e. The normalized spacial score (nSPS) is 10.6. The largest absolute Gasteiger partial charge is 0.496 e. The molecule has 0 amide bonds. The molecule has 0 atom stereocenters. The molecule has 2 heterocycles. The van der Waals surface area contributed by atoms with Gasteiger partial charge in [0.15, 0.2) is 5.82 Å². The Kier molecular flexibility index (Phi) is 3.50. The third-order valence-electron chi connectivity index (χ3n) is 3.15. The number of aromatic nitrogens is 3. The Labute approximate surface area is 126 Å². The first-order chi connectivity index (χ1) is 10.2. The number of nitrogen functional groups attached to an aromatic ring is 1. The van der Waals surface area contributed by atoms with Gasteiger partial charge in [0.1, 0.15) is 5.75 Å². The van der Waals surface area contributed by atoms with E-state index in [4.69, 9.17) is 22.1 Å². The van der Waals surface area contributed by atoms with Crippen LogP contribution in [0.2, 0.25) is 5.02 Å². The van der Waals surface area contributed by atoms with Crippen LogP contribution in [-0.4, -0.2) is 22.3 Å². The van der Waals surface area contributed by atoms with Crippen LogP contribution >= 0.6 is 11.6 Å². The van der Waals surface area contributed by atoms with E-state index in [-0.39, 0.29) is 0 Å². The quantitative estimate of drug-likeness (QED) is 0.777. The molecule has 0 radical (unpaired) electrons. The van der Waals surface area contributed by atoms with Crippen molar-refractivity contribution >= 4 is 17.4 Å². The maximum atomic E-state index is 6.10. The van der Waals surface area contributed by atoms with E-state index in [0.29, 0.717) is 16.6 Å². The summed E-state index contributed by atoms with van der Waals surface area (Å²) in [7, 11) is 1.60. The fourth-order valence-corrected chi connectivity index (χ4v) is 2.37. The molecule has 0 aliphatic rings. The molecule has 106 valence electrons. The fourth-order valence-electron chi connectivity index (χ4n) is 2.20. The minimum absolute atomic E-state index is 0.371. The first-order valence-corrected chi connectivity index (χ1v) is 6.67. The van der Waals surface area contributed by atoms with Gasteiger partial charge in [0, 0.05) is 16.8 Å². The van der Waals surface area contributed by atoms with E-state index in [9.17, 15) is 0 Å². The summed E-state index contributed by atoms with van der Waals surface area (Å²) in [4.78, 5) is 4.33. The predicted octanol–water partition coefficient (Wildman–Crippen LogP) is 3.38. The van der Waals surface area contributed by atoms with Crippen molar-refractivity contribution in [3.63, 3.8) is 0 Å². The monoisotopic (exact) mass is 300 g/mol. The number of hydrogen-bond acceptors (Lipinski definition) is 4. The number of nitrogens with one attached hydrogen (secondary N) is 1. The Morgan fingerprint density at radius 1 is 1.24 bits per heavy atom. The second-order valence-corrected chi connectivity index (χ2v) is 4.85. The molecule has 0 aliphatic carbocycles. The number of rotatable bonds is 3. The summed E-state index contributed by atoms with van der Waals surface area (Å²) in [6.45, 7) is 0. The van der Waals surface area contributed by atoms with Crippen LogP contribution in [0.5, 0.6) is 5.75 Å². The summed E-state index contributed by atoms with van der Waals surface area (Å²) in [6, 6.07) is 11.0. The minimum atomic E-state index is 0.371. The molecule has 3 rings (SSSR count). The van der Waals surface area contributed by atoms with E-state index >= 15 is 0 Å². The number of nitrogens with zero attached hydrogens (tertiary/aromatic N) is 2. The summed E-state index contributed by atoms with van der Waals surface area (Å²) < 4.78 is 5.39. The molecule has 0 spiro atoms. The van der Waals surface area contributed by atoms with Gasteiger partial charge in [-0.2, -0.15) is 5.10 Å². The Hall–Kier alpha value is -2.53. The lowest BCUT2D eigenvalue weighted by molar-refractivity contribution is 0.416. The lowest BCUT2D eigenvalue weighted by atomic mass is 10.0. The van der Waals surface area contributed by atoms with Crippen LogP contribution in [0.25, 0.3) is 22.5 Å². The average molecular weight is 301 g/mol. The van der Waals surface area contributed by atoms with Crippen LogP contribution in [0.1, 0.15) is 0 Å². The van der Waals surface area contributed by atoms with E-state index in [1.54, 1.807) is 31.5 Å². The molecular formula is C15H13ClN4O. The topological polar surface area (TPSA) is 76.8 Å². The molecule has 21 heavy (non-hydrogen) atoms. The molecule has 3 aromatic rings. The smallest absolute Gasteiger partial charge is 0.153 e. The van der Waals surface area contributed by atoms with Gasteiger partial charge in [0.25, 0.3) is 0 Å². The molecule has 0 unspecified atom stereocenters. The molecule has 0 bridgehead atoms. The highest BCUT2D eigenvalue weighted by molar-refractivity contribution is 6.31. The van der Waals surface area contributed by atoms with Gasteiger partial charge in [-0.1, -0.05) is 17.7 Å². The number of pyridine rings is 1. The third-order valence-corrected chi connectivity index (χ3v) is 3.38. The van der Waals surface area contributed by atoms with Gasteiger partial charge in [-0.05, 0) is 30.3 Å². The van der Waals surface area contributed by atoms with Crippen molar-refractivity contribution in [2.45, 2.75) is 0 Å². The van der Waals surface area contributed by atoms with Crippen molar-refractivity contribution in [3.05, 3.63) is 47.6 Å². The van der Waals surface area contributed by atoms with Gasteiger partial charge in [0.2, 0.25) is 0 Å². The number of nitrogens with two attached hydrogens (primary N) is 1. The van der Waals surface area contributed by atoms with Gasteiger partial charge >= 0.3 is 0 Å². The summed E-state index contributed by atoms with van der Waals surface area (Å²) in [5, 5.41) is 7.61. The van der Waals surface area contributed by atoms with Gasteiger partial charge < -0.3 is 10.5 Å². The molecular weight excluding hydrogens is 288 g/mol. The van der Waals surface area contributed by atoms with E-state index in [0.717, 1.165) is 22.5 Å². The lowest BCUT2D eigenvalue weighted by Crippen LogP contribution is -1.93. The number of H-pyrrole nitrogens is 1. The van der Waals surface area contributed by atoms with Gasteiger partial charge in [-0.15, -0.1) is 0 Å². The first kappa shape index (κ1) is 13.5. The van der Waals surface area contributed by atoms with Crippen molar-refractivity contribution in [3.8, 4) is 28.3 Å². The summed E-state index contributed by atoms with van der Waals surface area (Å²) in [5.74, 6) is 1.04. The van der Waals surface area contributed by atoms with E-state index < -0.39 is 0 Å². The molecule has 5 nitrogen and oxygen atoms in total. The first-order valence-electron chi connectivity index (χ1n) is 6.30. The zero-order valence-corrected chi connectivity index (χ0v) is 12.1. The second-order valence-electron chi connectivity index (χ2n) is 4.42. The number of aromatic amines is 1. The van der Waals surface area contributed by atoms with Crippen LogP contribution in [-0.2, 0) is 0 Å². The number of benzene rings is 1. The zero-order chi connectivity index (χ0) is 14.8. The van der Waals surface area contributed by atoms with E-state index in [1.807, 2.05) is 18.2 Å². The van der Waals surface area contributed by atoms with E-state index in [2.05, 4.69) is 15.2 Å². The average Bonchev–Trinajstić information content (AvgIpc) is 2.89. The highest BCUT2D eigenvalue weighted by atomic mass is 35.5. The van der Waals surface area contributed by atoms with Crippen LogP contribution in [0.15, 0.2) is 42.6 Å². The maximum Gasteiger partial charge on any atom is 0.153 e. The number of anilines is 1. The van der Waals surface area contributed by atoms with Crippen LogP contribution < -0.4 is 10.5 Å². The van der Waals surface area contributed by atoms with Crippen molar-refractivity contribution in [2.24, 2.45) is 0 Å². The molecule has 0 fully saturated rings. The van der Waals surface area contributed by atoms with Crippen LogP contribution in [0.3, 0.4) is 0 Å². The molecule has 2 aromatic heterocycles. The van der Waals surface area contributed by atoms with Crippen molar-refractivity contribution in [1.82, 2.24) is 15.2 Å². The molecule has 0 aliphatic heterocycles. The second kappa shape index (κ2) is 5.46. The molecule has 0 saturated carbocycles. The third kappa shape index (κ3) is 2.43. The van der Waals surface area contributed by atoms with Crippen molar-refractivity contribution in [2.75, 3.05) is 12.8 Å². The highest BCUT2D eigenvalue weighted by Crippen LogP contribution is 2.40. The van der Waals surface area contributed by atoms with Gasteiger partial charge in [-0.3, -0.25) is 10.1 Å². The fraction of sp³-hybridized carbons (Fsp3) is 0.0667. The number of methoxy groups -OCH3 is 1. The van der Waals surface area contributed by atoms with Gasteiger partial charge in [0.05, 0.1) is 24.1 Å².